The van der Waals surface area contributed by atoms with Crippen molar-refractivity contribution in [3.8, 4) is 0 Å². The smallest absolute Gasteiger partial charge is 0.407 e. The third kappa shape index (κ3) is 8.30. The normalized spacial score (nSPS) is 11.5. The van der Waals surface area contributed by atoms with Crippen molar-refractivity contribution in [1.29, 1.82) is 0 Å². The van der Waals surface area contributed by atoms with Crippen molar-refractivity contribution in [2.45, 2.75) is 37.8 Å². The van der Waals surface area contributed by atoms with E-state index in [2.05, 4.69) is 10.6 Å². The fraction of sp³-hybridized carbons (Fsp3) is 0.250. The minimum absolute atomic E-state index is 0.184. The number of aliphatic carboxylic acids is 1. The molecule has 0 bridgehead atoms. The number of unbranched alkanes of at least 4 members (excludes halogenated alkanes) is 1. The third-order valence-electron chi connectivity index (χ3n) is 5.54. The van der Waals surface area contributed by atoms with Crippen LogP contribution in [0.5, 0.6) is 0 Å². The van der Waals surface area contributed by atoms with E-state index < -0.39 is 24.0 Å². The van der Waals surface area contributed by atoms with E-state index in [1.165, 1.54) is 0 Å². The van der Waals surface area contributed by atoms with Gasteiger partial charge in [0.05, 0.1) is 5.92 Å². The molecule has 0 fully saturated rings. The molecule has 0 unspecified atom stereocenters. The van der Waals surface area contributed by atoms with Crippen molar-refractivity contribution in [3.05, 3.63) is 108 Å². The second kappa shape index (κ2) is 13.5. The van der Waals surface area contributed by atoms with Gasteiger partial charge in [0.2, 0.25) is 5.91 Å². The maximum Gasteiger partial charge on any atom is 0.407 e. The van der Waals surface area contributed by atoms with E-state index in [1.54, 1.807) is 0 Å². The first-order valence-corrected chi connectivity index (χ1v) is 11.6. The number of carboxylic acids is 1. The van der Waals surface area contributed by atoms with E-state index in [9.17, 15) is 19.5 Å². The Balaban J connectivity index is 1.48. The second-order valence-corrected chi connectivity index (χ2v) is 8.14. The van der Waals surface area contributed by atoms with Crippen LogP contribution in [0.25, 0.3) is 0 Å². The highest BCUT2D eigenvalue weighted by Crippen LogP contribution is 2.25. The van der Waals surface area contributed by atoms with Gasteiger partial charge in [-0.3, -0.25) is 4.79 Å². The zero-order valence-corrected chi connectivity index (χ0v) is 19.4. The fourth-order valence-electron chi connectivity index (χ4n) is 3.74. The van der Waals surface area contributed by atoms with Crippen LogP contribution in [0.15, 0.2) is 91.0 Å². The molecule has 182 valence electrons. The van der Waals surface area contributed by atoms with E-state index in [1.807, 2.05) is 91.0 Å². The number of hydrogen-bond acceptors (Lipinski definition) is 4. The van der Waals surface area contributed by atoms with Gasteiger partial charge in [-0.25, -0.2) is 9.59 Å². The van der Waals surface area contributed by atoms with Gasteiger partial charge < -0.3 is 20.5 Å². The molecule has 35 heavy (non-hydrogen) atoms. The summed E-state index contributed by atoms with van der Waals surface area (Å²) in [6.45, 7) is 0.536. The zero-order valence-electron chi connectivity index (χ0n) is 19.4. The summed E-state index contributed by atoms with van der Waals surface area (Å²) >= 11 is 0. The molecule has 3 aromatic rings. The average molecular weight is 475 g/mol. The van der Waals surface area contributed by atoms with Crippen LogP contribution in [0.1, 0.15) is 41.9 Å². The summed E-state index contributed by atoms with van der Waals surface area (Å²) in [4.78, 5) is 36.8. The molecule has 0 heterocycles. The molecule has 1 atom stereocenters. The van der Waals surface area contributed by atoms with Crippen LogP contribution in [-0.4, -0.2) is 35.7 Å². The lowest BCUT2D eigenvalue weighted by Gasteiger charge is -2.21. The zero-order chi connectivity index (χ0) is 24.9. The highest BCUT2D eigenvalue weighted by atomic mass is 16.5. The Hall–Kier alpha value is -4.13. The number of alkyl carbamates (subject to hydrolysis) is 1. The standard InChI is InChI=1S/C28H30N2O5/c31-26(25(22-14-6-2-7-15-22)23-16-8-3-9-17-23)30-24(27(32)33)18-10-11-19-29-28(34)35-20-21-12-4-1-5-13-21/h1-9,12-17,24-25H,10-11,18-20H2,(H,29,34)(H,30,31)(H,32,33)/t24-/m1/s1. The summed E-state index contributed by atoms with van der Waals surface area (Å²) in [7, 11) is 0. The van der Waals surface area contributed by atoms with Gasteiger partial charge in [0.1, 0.15) is 12.6 Å². The molecule has 7 heteroatoms. The highest BCUT2D eigenvalue weighted by Gasteiger charge is 2.27. The minimum Gasteiger partial charge on any atom is -0.480 e. The lowest BCUT2D eigenvalue weighted by atomic mass is 9.90. The quantitative estimate of drug-likeness (QED) is 0.336. The molecule has 0 aliphatic carbocycles. The maximum absolute atomic E-state index is 13.2. The predicted molar refractivity (Wildman–Crippen MR) is 133 cm³/mol. The van der Waals surface area contributed by atoms with Crippen molar-refractivity contribution in [2.75, 3.05) is 6.54 Å². The first-order valence-electron chi connectivity index (χ1n) is 11.6. The van der Waals surface area contributed by atoms with Crippen molar-refractivity contribution < 1.29 is 24.2 Å². The number of carbonyl (C=O) groups excluding carboxylic acids is 2. The molecule has 7 nitrogen and oxygen atoms in total. The van der Waals surface area contributed by atoms with Gasteiger partial charge in [0, 0.05) is 6.54 Å². The number of rotatable bonds is 12. The van der Waals surface area contributed by atoms with Gasteiger partial charge in [-0.2, -0.15) is 0 Å². The SMILES string of the molecule is O=C(NCCCC[C@@H](NC(=O)C(c1ccccc1)c1ccccc1)C(=O)O)OCc1ccccc1. The van der Waals surface area contributed by atoms with Gasteiger partial charge in [-0.05, 0) is 36.0 Å². The summed E-state index contributed by atoms with van der Waals surface area (Å²) in [5.41, 5.74) is 2.48. The number of hydrogen-bond donors (Lipinski definition) is 3. The van der Waals surface area contributed by atoms with Crippen LogP contribution in [0.2, 0.25) is 0 Å². The Bertz CT molecular complexity index is 1030. The molecular formula is C28H30N2O5. The number of carboxylic acid groups (broad SMARTS) is 1. The molecule has 0 saturated carbocycles. The van der Waals surface area contributed by atoms with Gasteiger partial charge in [-0.15, -0.1) is 0 Å². The Kier molecular flexibility index (Phi) is 9.87. The maximum atomic E-state index is 13.2. The molecule has 0 aliphatic heterocycles. The first-order chi connectivity index (χ1) is 17.0. The summed E-state index contributed by atoms with van der Waals surface area (Å²) in [5.74, 6) is -2.06. The number of nitrogens with one attached hydrogen (secondary N) is 2. The van der Waals surface area contributed by atoms with E-state index in [0.717, 1.165) is 16.7 Å². The van der Waals surface area contributed by atoms with E-state index in [4.69, 9.17) is 4.74 Å². The monoisotopic (exact) mass is 474 g/mol. The van der Waals surface area contributed by atoms with Gasteiger partial charge in [-0.1, -0.05) is 91.0 Å². The summed E-state index contributed by atoms with van der Waals surface area (Å²) in [6, 6.07) is 26.9. The average Bonchev–Trinajstić information content (AvgIpc) is 2.88. The molecule has 0 aliphatic rings. The van der Waals surface area contributed by atoms with Gasteiger partial charge >= 0.3 is 12.1 Å². The van der Waals surface area contributed by atoms with Crippen LogP contribution in [0.4, 0.5) is 4.79 Å². The van der Waals surface area contributed by atoms with Crippen molar-refractivity contribution >= 4 is 18.0 Å². The van der Waals surface area contributed by atoms with E-state index in [0.29, 0.717) is 19.4 Å². The lowest BCUT2D eigenvalue weighted by molar-refractivity contribution is -0.142. The molecule has 0 spiro atoms. The van der Waals surface area contributed by atoms with Crippen LogP contribution < -0.4 is 10.6 Å². The van der Waals surface area contributed by atoms with Gasteiger partial charge in [0.25, 0.3) is 0 Å². The van der Waals surface area contributed by atoms with Crippen molar-refractivity contribution in [1.82, 2.24) is 10.6 Å². The summed E-state index contributed by atoms with van der Waals surface area (Å²) in [6.07, 6.45) is 0.793. The minimum atomic E-state index is -1.09. The first kappa shape index (κ1) is 25.5. The van der Waals surface area contributed by atoms with Gasteiger partial charge in [0.15, 0.2) is 0 Å². The molecule has 2 amide bonds. The van der Waals surface area contributed by atoms with E-state index >= 15 is 0 Å². The topological polar surface area (TPSA) is 105 Å². The second-order valence-electron chi connectivity index (χ2n) is 8.14. The molecule has 0 saturated heterocycles. The number of ether oxygens (including phenoxy) is 1. The fourth-order valence-corrected chi connectivity index (χ4v) is 3.74. The predicted octanol–water partition coefficient (Wildman–Crippen LogP) is 4.48. The van der Waals surface area contributed by atoms with Crippen LogP contribution in [0.3, 0.4) is 0 Å². The highest BCUT2D eigenvalue weighted by molar-refractivity contribution is 5.90. The molecule has 0 aromatic heterocycles. The Labute approximate surface area is 205 Å². The largest absolute Gasteiger partial charge is 0.480 e. The summed E-state index contributed by atoms with van der Waals surface area (Å²) < 4.78 is 5.16. The Morgan fingerprint density at radius 1 is 0.771 bits per heavy atom. The van der Waals surface area contributed by atoms with Crippen LogP contribution >= 0.6 is 0 Å². The number of carbonyl (C=O) groups is 3. The number of benzene rings is 3. The molecule has 0 radical (unpaired) electrons. The third-order valence-corrected chi connectivity index (χ3v) is 5.54. The molecular weight excluding hydrogens is 444 g/mol. The van der Waals surface area contributed by atoms with Crippen LogP contribution in [0, 0.1) is 0 Å². The lowest BCUT2D eigenvalue weighted by Crippen LogP contribution is -2.43. The van der Waals surface area contributed by atoms with Crippen molar-refractivity contribution in [3.63, 3.8) is 0 Å². The molecule has 3 rings (SSSR count). The molecule has 3 N–H and O–H groups in total. The Morgan fingerprint density at radius 2 is 1.31 bits per heavy atom. The Morgan fingerprint density at radius 3 is 1.86 bits per heavy atom. The van der Waals surface area contributed by atoms with E-state index in [-0.39, 0.29) is 18.9 Å². The van der Waals surface area contributed by atoms with Crippen molar-refractivity contribution in [2.24, 2.45) is 0 Å². The van der Waals surface area contributed by atoms with Crippen LogP contribution in [-0.2, 0) is 20.9 Å². The molecule has 3 aromatic carbocycles. The number of amides is 2. The summed E-state index contributed by atoms with van der Waals surface area (Å²) in [5, 5.41) is 15.0.